The van der Waals surface area contributed by atoms with Crippen LogP contribution in [0.1, 0.15) is 34.7 Å². The zero-order valence-electron chi connectivity index (χ0n) is 21.6. The Balaban J connectivity index is 1.62. The van der Waals surface area contributed by atoms with Crippen LogP contribution in [0, 0.1) is 13.8 Å². The van der Waals surface area contributed by atoms with Crippen LogP contribution < -0.4 is 15.0 Å². The molecule has 1 saturated heterocycles. The third-order valence-electron chi connectivity index (χ3n) is 6.78. The van der Waals surface area contributed by atoms with Crippen molar-refractivity contribution >= 4 is 57.8 Å². The Labute approximate surface area is 248 Å². The number of halogens is 3. The van der Waals surface area contributed by atoms with E-state index in [1.54, 1.807) is 19.4 Å². The molecule has 4 aromatic rings. The number of methoxy groups -OCH3 is 1. The Morgan fingerprint density at radius 3 is 2.49 bits per heavy atom. The fourth-order valence-corrected chi connectivity index (χ4v) is 6.13. The SMILES string of the molecule is COCCOc1ccc(N2C(=S)NC(c3ccccn3)C2c2cc(C)n(-c3ccc(Cl)cc3Cl)c2C)cc1Cl. The van der Waals surface area contributed by atoms with Crippen LogP contribution in [-0.4, -0.2) is 35.0 Å². The van der Waals surface area contributed by atoms with Crippen molar-refractivity contribution in [2.45, 2.75) is 25.9 Å². The van der Waals surface area contributed by atoms with Gasteiger partial charge >= 0.3 is 0 Å². The summed E-state index contributed by atoms with van der Waals surface area (Å²) < 4.78 is 13.0. The Hall–Kier alpha value is -2.81. The summed E-state index contributed by atoms with van der Waals surface area (Å²) >= 11 is 25.4. The highest BCUT2D eigenvalue weighted by atomic mass is 35.5. The monoisotopic (exact) mass is 600 g/mol. The van der Waals surface area contributed by atoms with E-state index < -0.39 is 0 Å². The largest absolute Gasteiger partial charge is 0.490 e. The first-order chi connectivity index (χ1) is 18.8. The lowest BCUT2D eigenvalue weighted by atomic mass is 9.96. The predicted molar refractivity (Wildman–Crippen MR) is 162 cm³/mol. The maximum atomic E-state index is 6.65. The van der Waals surface area contributed by atoms with Gasteiger partial charge in [0, 0.05) is 35.4 Å². The minimum absolute atomic E-state index is 0.204. The Morgan fingerprint density at radius 1 is 0.974 bits per heavy atom. The first kappa shape index (κ1) is 27.7. The second-order valence-electron chi connectivity index (χ2n) is 9.21. The third kappa shape index (κ3) is 5.47. The number of hydrogen-bond acceptors (Lipinski definition) is 4. The molecule has 1 aliphatic rings. The minimum atomic E-state index is -0.213. The van der Waals surface area contributed by atoms with Crippen molar-refractivity contribution in [2.75, 3.05) is 25.2 Å². The Bertz CT molecular complexity index is 1510. The number of ether oxygens (including phenoxy) is 2. The van der Waals surface area contributed by atoms with Crippen LogP contribution in [0.5, 0.6) is 5.75 Å². The average molecular weight is 602 g/mol. The van der Waals surface area contributed by atoms with E-state index in [0.29, 0.717) is 39.1 Å². The molecule has 5 rings (SSSR count). The van der Waals surface area contributed by atoms with Gasteiger partial charge in [0.1, 0.15) is 12.4 Å². The molecule has 0 saturated carbocycles. The molecule has 2 aromatic carbocycles. The Kier molecular flexibility index (Phi) is 8.35. The number of benzene rings is 2. The standard InChI is InChI=1S/C29H27Cl3N4O2S/c1-17-14-21(18(2)35(17)25-9-7-19(30)15-22(25)31)28-27(24-6-4-5-11-33-24)34-29(39)36(28)20-8-10-26(23(32)16-20)38-13-12-37-3/h4-11,14-16,27-28H,12-13H2,1-3H3,(H,34,39). The quantitative estimate of drug-likeness (QED) is 0.165. The van der Waals surface area contributed by atoms with Gasteiger partial charge in [0.2, 0.25) is 0 Å². The first-order valence-electron chi connectivity index (χ1n) is 12.4. The highest BCUT2D eigenvalue weighted by Gasteiger charge is 2.42. The number of pyridine rings is 1. The molecule has 3 heterocycles. The van der Waals surface area contributed by atoms with Crippen LogP contribution in [0.15, 0.2) is 66.9 Å². The van der Waals surface area contributed by atoms with Gasteiger partial charge in [0.25, 0.3) is 0 Å². The predicted octanol–water partition coefficient (Wildman–Crippen LogP) is 7.65. The van der Waals surface area contributed by atoms with E-state index in [0.717, 1.165) is 34.0 Å². The molecule has 1 aliphatic heterocycles. The second kappa shape index (κ2) is 11.7. The van der Waals surface area contributed by atoms with E-state index in [9.17, 15) is 0 Å². The number of anilines is 1. The molecular formula is C29H27Cl3N4O2S. The Morgan fingerprint density at radius 2 is 1.79 bits per heavy atom. The summed E-state index contributed by atoms with van der Waals surface area (Å²) in [7, 11) is 1.63. The maximum Gasteiger partial charge on any atom is 0.174 e. The molecule has 6 nitrogen and oxygen atoms in total. The van der Waals surface area contributed by atoms with Crippen molar-refractivity contribution in [3.05, 3.63) is 105 Å². The van der Waals surface area contributed by atoms with Crippen LogP contribution in [0.2, 0.25) is 15.1 Å². The second-order valence-corrected chi connectivity index (χ2v) is 10.8. The number of nitrogens with zero attached hydrogens (tertiary/aromatic N) is 3. The van der Waals surface area contributed by atoms with Crippen LogP contribution >= 0.6 is 47.0 Å². The van der Waals surface area contributed by atoms with Crippen molar-refractivity contribution < 1.29 is 9.47 Å². The van der Waals surface area contributed by atoms with Gasteiger partial charge in [-0.15, -0.1) is 0 Å². The smallest absolute Gasteiger partial charge is 0.174 e. The van der Waals surface area contributed by atoms with Gasteiger partial charge in [-0.25, -0.2) is 0 Å². The fraction of sp³-hybridized carbons (Fsp3) is 0.241. The molecule has 10 heteroatoms. The number of hydrogen-bond donors (Lipinski definition) is 1. The number of nitrogens with one attached hydrogen (secondary N) is 1. The molecule has 0 aliphatic carbocycles. The molecule has 1 fully saturated rings. The molecule has 0 bridgehead atoms. The van der Waals surface area contributed by atoms with E-state index in [2.05, 4.69) is 39.7 Å². The topological polar surface area (TPSA) is 51.6 Å². The van der Waals surface area contributed by atoms with Crippen molar-refractivity contribution in [1.29, 1.82) is 0 Å². The first-order valence-corrected chi connectivity index (χ1v) is 13.9. The molecule has 39 heavy (non-hydrogen) atoms. The summed E-state index contributed by atoms with van der Waals surface area (Å²) in [6.07, 6.45) is 1.79. The van der Waals surface area contributed by atoms with Crippen LogP contribution in [0.3, 0.4) is 0 Å². The summed E-state index contributed by atoms with van der Waals surface area (Å²) in [5.41, 5.74) is 5.73. The molecule has 2 unspecified atom stereocenters. The van der Waals surface area contributed by atoms with Gasteiger partial charge in [-0.05, 0) is 86.2 Å². The van der Waals surface area contributed by atoms with Crippen LogP contribution in [-0.2, 0) is 4.74 Å². The molecule has 2 atom stereocenters. The molecule has 2 aromatic heterocycles. The minimum Gasteiger partial charge on any atom is -0.490 e. The van der Waals surface area contributed by atoms with Gasteiger partial charge in [0.05, 0.1) is 40.1 Å². The summed E-state index contributed by atoms with van der Waals surface area (Å²) in [6, 6.07) is 18.9. The molecule has 0 radical (unpaired) electrons. The summed E-state index contributed by atoms with van der Waals surface area (Å²) in [5.74, 6) is 0.587. The van der Waals surface area contributed by atoms with E-state index in [4.69, 9.17) is 56.5 Å². The van der Waals surface area contributed by atoms with Crippen LogP contribution in [0.25, 0.3) is 5.69 Å². The molecule has 202 valence electrons. The molecule has 1 N–H and O–H groups in total. The lowest BCUT2D eigenvalue weighted by Gasteiger charge is -2.28. The summed E-state index contributed by atoms with van der Waals surface area (Å²) in [5, 5.41) is 5.74. The molecule has 0 amide bonds. The van der Waals surface area contributed by atoms with Gasteiger partial charge in [-0.2, -0.15) is 0 Å². The van der Waals surface area contributed by atoms with E-state index >= 15 is 0 Å². The van der Waals surface area contributed by atoms with Crippen molar-refractivity contribution in [3.63, 3.8) is 0 Å². The van der Waals surface area contributed by atoms with Gasteiger partial charge in [-0.1, -0.05) is 40.9 Å². The van der Waals surface area contributed by atoms with Crippen molar-refractivity contribution in [3.8, 4) is 11.4 Å². The van der Waals surface area contributed by atoms with E-state index in [1.807, 2.05) is 48.5 Å². The zero-order chi connectivity index (χ0) is 27.7. The fourth-order valence-electron chi connectivity index (χ4n) is 5.06. The summed E-state index contributed by atoms with van der Waals surface area (Å²) in [4.78, 5) is 6.76. The maximum absolute atomic E-state index is 6.65. The number of aryl methyl sites for hydroxylation is 1. The van der Waals surface area contributed by atoms with E-state index in [-0.39, 0.29) is 12.1 Å². The lowest BCUT2D eigenvalue weighted by Crippen LogP contribution is -2.29. The van der Waals surface area contributed by atoms with E-state index in [1.165, 1.54) is 0 Å². The van der Waals surface area contributed by atoms with Gasteiger partial charge in [-0.3, -0.25) is 4.98 Å². The van der Waals surface area contributed by atoms with Gasteiger partial charge in [0.15, 0.2) is 5.11 Å². The van der Waals surface area contributed by atoms with Crippen LogP contribution in [0.4, 0.5) is 5.69 Å². The van der Waals surface area contributed by atoms with Crippen molar-refractivity contribution in [2.24, 2.45) is 0 Å². The number of rotatable bonds is 8. The normalized spacial score (nSPS) is 17.0. The average Bonchev–Trinajstić information content (AvgIpc) is 3.41. The summed E-state index contributed by atoms with van der Waals surface area (Å²) in [6.45, 7) is 5.02. The van der Waals surface area contributed by atoms with Gasteiger partial charge < -0.3 is 24.3 Å². The highest BCUT2D eigenvalue weighted by Crippen LogP contribution is 2.45. The number of aromatic nitrogens is 2. The highest BCUT2D eigenvalue weighted by molar-refractivity contribution is 7.80. The molecule has 0 spiro atoms. The zero-order valence-corrected chi connectivity index (χ0v) is 24.7. The number of thiocarbonyl (C=S) groups is 1. The third-order valence-corrected chi connectivity index (χ3v) is 7.92. The lowest BCUT2D eigenvalue weighted by molar-refractivity contribution is 0.146. The molecular weight excluding hydrogens is 575 g/mol. The van der Waals surface area contributed by atoms with Crippen molar-refractivity contribution in [1.82, 2.24) is 14.9 Å².